The molecule has 4 nitrogen and oxygen atoms in total. The summed E-state index contributed by atoms with van der Waals surface area (Å²) in [5.41, 5.74) is 5.62. The number of methoxy groups -OCH3 is 1. The van der Waals surface area contributed by atoms with Gasteiger partial charge in [-0.1, -0.05) is 13.8 Å². The minimum Gasteiger partial charge on any atom is -0.468 e. The van der Waals surface area contributed by atoms with Crippen molar-refractivity contribution in [3.05, 3.63) is 0 Å². The maximum Gasteiger partial charge on any atom is 0.324 e. The van der Waals surface area contributed by atoms with Gasteiger partial charge in [-0.2, -0.15) is 0 Å². The number of ether oxygens (including phenoxy) is 1. The molecule has 0 fully saturated rings. The van der Waals surface area contributed by atoms with E-state index >= 15 is 0 Å². The summed E-state index contributed by atoms with van der Waals surface area (Å²) in [5, 5.41) is 0. The zero-order valence-corrected chi connectivity index (χ0v) is 10.5. The zero-order chi connectivity index (χ0) is 12.0. The van der Waals surface area contributed by atoms with Crippen LogP contribution in [0.1, 0.15) is 27.7 Å². The average molecular weight is 216 g/mol. The second-order valence-electron chi connectivity index (χ2n) is 4.46. The maximum atomic E-state index is 11.5. The number of carbonyl (C=O) groups is 1. The number of rotatable bonds is 6. The zero-order valence-electron chi connectivity index (χ0n) is 10.5. The number of esters is 1. The van der Waals surface area contributed by atoms with Crippen LogP contribution < -0.4 is 5.73 Å². The normalized spacial score (nSPS) is 13.7. The summed E-state index contributed by atoms with van der Waals surface area (Å²) in [6.07, 6.45) is 0. The Kier molecular flexibility index (Phi) is 6.52. The van der Waals surface area contributed by atoms with Crippen LogP contribution in [0.5, 0.6) is 0 Å². The van der Waals surface area contributed by atoms with Gasteiger partial charge in [-0.3, -0.25) is 9.69 Å². The molecule has 0 bridgehead atoms. The molecule has 0 spiro atoms. The Hall–Kier alpha value is -0.610. The standard InChI is InChI=1S/C11H24N2O2/c1-8(2)7-13(9(3)4)10(6-12)11(14)15-5/h8-10H,6-7,12H2,1-5H3. The largest absolute Gasteiger partial charge is 0.468 e. The van der Waals surface area contributed by atoms with E-state index in [9.17, 15) is 4.79 Å². The Morgan fingerprint density at radius 2 is 1.87 bits per heavy atom. The first-order valence-electron chi connectivity index (χ1n) is 5.47. The average Bonchev–Trinajstić information content (AvgIpc) is 2.16. The van der Waals surface area contributed by atoms with E-state index in [-0.39, 0.29) is 12.0 Å². The lowest BCUT2D eigenvalue weighted by molar-refractivity contribution is -0.147. The van der Waals surface area contributed by atoms with Crippen molar-refractivity contribution in [2.24, 2.45) is 11.7 Å². The molecule has 0 aliphatic rings. The Morgan fingerprint density at radius 1 is 1.33 bits per heavy atom. The van der Waals surface area contributed by atoms with Crippen LogP contribution in [-0.2, 0) is 9.53 Å². The van der Waals surface area contributed by atoms with Crippen molar-refractivity contribution >= 4 is 5.97 Å². The van der Waals surface area contributed by atoms with E-state index in [1.54, 1.807) is 0 Å². The maximum absolute atomic E-state index is 11.5. The molecule has 0 aromatic carbocycles. The fourth-order valence-electron chi connectivity index (χ4n) is 1.62. The van der Waals surface area contributed by atoms with Crippen LogP contribution in [0.2, 0.25) is 0 Å². The lowest BCUT2D eigenvalue weighted by atomic mass is 10.1. The van der Waals surface area contributed by atoms with Crippen LogP contribution in [0, 0.1) is 5.92 Å². The van der Waals surface area contributed by atoms with Crippen LogP contribution in [-0.4, -0.2) is 43.2 Å². The van der Waals surface area contributed by atoms with Gasteiger partial charge < -0.3 is 10.5 Å². The summed E-state index contributed by atoms with van der Waals surface area (Å²) in [6, 6.07) is -0.0301. The SMILES string of the molecule is COC(=O)C(CN)N(CC(C)C)C(C)C. The number of nitrogens with two attached hydrogens (primary N) is 1. The summed E-state index contributed by atoms with van der Waals surface area (Å²) in [4.78, 5) is 13.6. The van der Waals surface area contributed by atoms with E-state index in [2.05, 4.69) is 32.6 Å². The third-order valence-corrected chi connectivity index (χ3v) is 2.34. The van der Waals surface area contributed by atoms with E-state index < -0.39 is 0 Å². The monoisotopic (exact) mass is 216 g/mol. The van der Waals surface area contributed by atoms with Gasteiger partial charge in [0, 0.05) is 19.1 Å². The van der Waals surface area contributed by atoms with Crippen molar-refractivity contribution in [3.63, 3.8) is 0 Å². The van der Waals surface area contributed by atoms with Crippen molar-refractivity contribution < 1.29 is 9.53 Å². The van der Waals surface area contributed by atoms with Gasteiger partial charge >= 0.3 is 5.97 Å². The number of nitrogens with zero attached hydrogens (tertiary/aromatic N) is 1. The molecule has 0 radical (unpaired) electrons. The van der Waals surface area contributed by atoms with Crippen LogP contribution in [0.3, 0.4) is 0 Å². The van der Waals surface area contributed by atoms with Crippen molar-refractivity contribution in [3.8, 4) is 0 Å². The second-order valence-corrected chi connectivity index (χ2v) is 4.46. The second kappa shape index (κ2) is 6.80. The van der Waals surface area contributed by atoms with Gasteiger partial charge in [0.25, 0.3) is 0 Å². The van der Waals surface area contributed by atoms with E-state index in [0.29, 0.717) is 18.5 Å². The topological polar surface area (TPSA) is 55.6 Å². The highest BCUT2D eigenvalue weighted by Gasteiger charge is 2.27. The lowest BCUT2D eigenvalue weighted by Gasteiger charge is -2.33. The third kappa shape index (κ3) is 4.62. The molecular formula is C11H24N2O2. The van der Waals surface area contributed by atoms with Crippen LogP contribution in [0.4, 0.5) is 0 Å². The summed E-state index contributed by atoms with van der Waals surface area (Å²) in [6.45, 7) is 9.54. The van der Waals surface area contributed by atoms with Crippen molar-refractivity contribution in [2.75, 3.05) is 20.2 Å². The molecule has 90 valence electrons. The predicted octanol–water partition coefficient (Wildman–Crippen LogP) is 0.853. The Bertz CT molecular complexity index is 193. The van der Waals surface area contributed by atoms with Gasteiger partial charge in [0.05, 0.1) is 7.11 Å². The van der Waals surface area contributed by atoms with Gasteiger partial charge in [-0.25, -0.2) is 0 Å². The molecule has 0 saturated carbocycles. The van der Waals surface area contributed by atoms with Gasteiger partial charge in [-0.15, -0.1) is 0 Å². The number of hydrogen-bond acceptors (Lipinski definition) is 4. The predicted molar refractivity (Wildman–Crippen MR) is 61.5 cm³/mol. The first-order valence-corrected chi connectivity index (χ1v) is 5.47. The minimum atomic E-state index is -0.322. The molecule has 4 heteroatoms. The fraction of sp³-hybridized carbons (Fsp3) is 0.909. The molecule has 0 aliphatic carbocycles. The first-order chi connectivity index (χ1) is 6.93. The van der Waals surface area contributed by atoms with Crippen LogP contribution in [0.15, 0.2) is 0 Å². The Labute approximate surface area is 92.8 Å². The Balaban J connectivity index is 4.62. The number of carbonyl (C=O) groups excluding carboxylic acids is 1. The van der Waals surface area contributed by atoms with E-state index in [4.69, 9.17) is 10.5 Å². The highest BCUT2D eigenvalue weighted by Crippen LogP contribution is 2.10. The van der Waals surface area contributed by atoms with Crippen LogP contribution >= 0.6 is 0 Å². The van der Waals surface area contributed by atoms with Gasteiger partial charge in [0.1, 0.15) is 6.04 Å². The van der Waals surface area contributed by atoms with Crippen molar-refractivity contribution in [1.82, 2.24) is 4.90 Å². The summed E-state index contributed by atoms with van der Waals surface area (Å²) >= 11 is 0. The molecule has 1 atom stereocenters. The summed E-state index contributed by atoms with van der Waals surface area (Å²) in [5.74, 6) is 0.262. The minimum absolute atomic E-state index is 0.244. The molecule has 0 heterocycles. The molecule has 1 unspecified atom stereocenters. The third-order valence-electron chi connectivity index (χ3n) is 2.34. The summed E-state index contributed by atoms with van der Waals surface area (Å²) in [7, 11) is 1.40. The van der Waals surface area contributed by atoms with Gasteiger partial charge in [0.15, 0.2) is 0 Å². The highest BCUT2D eigenvalue weighted by atomic mass is 16.5. The van der Waals surface area contributed by atoms with E-state index in [1.165, 1.54) is 7.11 Å². The Morgan fingerprint density at radius 3 is 2.13 bits per heavy atom. The lowest BCUT2D eigenvalue weighted by Crippen LogP contribution is -2.51. The highest BCUT2D eigenvalue weighted by molar-refractivity contribution is 5.76. The molecular weight excluding hydrogens is 192 g/mol. The quantitative estimate of drug-likeness (QED) is 0.669. The molecule has 2 N–H and O–H groups in total. The number of hydrogen-bond donors (Lipinski definition) is 1. The smallest absolute Gasteiger partial charge is 0.324 e. The summed E-state index contributed by atoms with van der Waals surface area (Å²) < 4.78 is 4.76. The van der Waals surface area contributed by atoms with Gasteiger partial charge in [0.2, 0.25) is 0 Å². The molecule has 0 aromatic rings. The van der Waals surface area contributed by atoms with Gasteiger partial charge in [-0.05, 0) is 19.8 Å². The molecule has 0 aliphatic heterocycles. The van der Waals surface area contributed by atoms with Crippen molar-refractivity contribution in [2.45, 2.75) is 39.8 Å². The molecule has 0 aromatic heterocycles. The van der Waals surface area contributed by atoms with Crippen LogP contribution in [0.25, 0.3) is 0 Å². The van der Waals surface area contributed by atoms with E-state index in [0.717, 1.165) is 6.54 Å². The first kappa shape index (κ1) is 14.4. The molecule has 0 amide bonds. The molecule has 0 saturated heterocycles. The van der Waals surface area contributed by atoms with Crippen molar-refractivity contribution in [1.29, 1.82) is 0 Å². The molecule has 0 rings (SSSR count). The fourth-order valence-corrected chi connectivity index (χ4v) is 1.62. The molecule has 15 heavy (non-hydrogen) atoms. The van der Waals surface area contributed by atoms with E-state index in [1.807, 2.05) is 0 Å².